The molecule has 1 aliphatic carbocycles. The maximum absolute atomic E-state index is 11.1. The van der Waals surface area contributed by atoms with E-state index in [1.54, 1.807) is 6.07 Å². The summed E-state index contributed by atoms with van der Waals surface area (Å²) in [4.78, 5) is 19.3. The van der Waals surface area contributed by atoms with Crippen molar-refractivity contribution in [2.75, 3.05) is 11.9 Å². The molecule has 104 valence electrons. The van der Waals surface area contributed by atoms with Gasteiger partial charge in [-0.05, 0) is 24.5 Å². The van der Waals surface area contributed by atoms with E-state index >= 15 is 0 Å². The molecule has 0 atom stereocenters. The average molecular weight is 271 g/mol. The fourth-order valence-corrected chi connectivity index (χ4v) is 2.48. The van der Waals surface area contributed by atoms with E-state index in [1.807, 2.05) is 18.2 Å². The van der Waals surface area contributed by atoms with Gasteiger partial charge in [-0.2, -0.15) is 0 Å². The van der Waals surface area contributed by atoms with Crippen LogP contribution in [0.5, 0.6) is 0 Å². The van der Waals surface area contributed by atoms with E-state index in [4.69, 9.17) is 5.11 Å². The summed E-state index contributed by atoms with van der Waals surface area (Å²) in [5.74, 6) is 0.175. The van der Waals surface area contributed by atoms with Crippen LogP contribution in [0.15, 0.2) is 24.3 Å². The minimum atomic E-state index is -1.10. The highest BCUT2D eigenvalue weighted by Crippen LogP contribution is 2.29. The zero-order valence-electron chi connectivity index (χ0n) is 11.2. The van der Waals surface area contributed by atoms with E-state index < -0.39 is 5.97 Å². The molecule has 1 saturated carbocycles. The van der Waals surface area contributed by atoms with Crippen molar-refractivity contribution in [3.63, 3.8) is 0 Å². The normalized spacial score (nSPS) is 15.0. The number of anilines is 1. The highest BCUT2D eigenvalue weighted by Gasteiger charge is 2.17. The zero-order valence-corrected chi connectivity index (χ0v) is 11.2. The predicted molar refractivity (Wildman–Crippen MR) is 76.9 cm³/mol. The number of aromatic nitrogens is 2. The summed E-state index contributed by atoms with van der Waals surface area (Å²) in [6.45, 7) is 0.824. The first-order chi connectivity index (χ1) is 9.74. The fraction of sp³-hybridized carbons (Fsp3) is 0.400. The molecule has 1 aromatic carbocycles. The first kappa shape index (κ1) is 12.8. The number of aromatic carboxylic acids is 1. The van der Waals surface area contributed by atoms with Gasteiger partial charge in [0.05, 0.1) is 5.52 Å². The molecule has 1 aromatic heterocycles. The number of nitrogens with one attached hydrogen (secondary N) is 1. The minimum Gasteiger partial charge on any atom is -0.475 e. The smallest absolute Gasteiger partial charge is 0.374 e. The minimum absolute atomic E-state index is 0.158. The van der Waals surface area contributed by atoms with Crippen LogP contribution >= 0.6 is 0 Å². The van der Waals surface area contributed by atoms with Gasteiger partial charge in [0.25, 0.3) is 0 Å². The molecule has 0 radical (unpaired) electrons. The third-order valence-corrected chi connectivity index (χ3v) is 3.86. The molecule has 2 aromatic rings. The lowest BCUT2D eigenvalue weighted by atomic mass is 9.83. The highest BCUT2D eigenvalue weighted by molar-refractivity contribution is 5.93. The largest absolute Gasteiger partial charge is 0.475 e. The number of benzene rings is 1. The van der Waals surface area contributed by atoms with E-state index in [-0.39, 0.29) is 5.82 Å². The fourth-order valence-electron chi connectivity index (χ4n) is 2.48. The van der Waals surface area contributed by atoms with Gasteiger partial charge in [0.15, 0.2) is 0 Å². The first-order valence-corrected chi connectivity index (χ1v) is 6.98. The molecule has 1 heterocycles. The summed E-state index contributed by atoms with van der Waals surface area (Å²) >= 11 is 0. The SMILES string of the molecule is O=C(O)c1nc(NCCC2CCC2)c2ccccc2n1. The van der Waals surface area contributed by atoms with Crippen molar-refractivity contribution in [3.8, 4) is 0 Å². The standard InChI is InChI=1S/C15H17N3O2/c19-15(20)14-17-12-7-2-1-6-11(12)13(18-14)16-9-8-10-4-3-5-10/h1-2,6-7,10H,3-5,8-9H2,(H,19,20)(H,16,17,18). The number of hydrogen-bond acceptors (Lipinski definition) is 4. The van der Waals surface area contributed by atoms with Crippen LogP contribution in [-0.2, 0) is 0 Å². The first-order valence-electron chi connectivity index (χ1n) is 6.98. The summed E-state index contributed by atoms with van der Waals surface area (Å²) in [5, 5.41) is 13.2. The van der Waals surface area contributed by atoms with Gasteiger partial charge in [-0.15, -0.1) is 0 Å². The second kappa shape index (κ2) is 5.45. The lowest BCUT2D eigenvalue weighted by Gasteiger charge is -2.25. The van der Waals surface area contributed by atoms with Crippen molar-refractivity contribution < 1.29 is 9.90 Å². The van der Waals surface area contributed by atoms with Crippen molar-refractivity contribution in [1.29, 1.82) is 0 Å². The molecule has 20 heavy (non-hydrogen) atoms. The Kier molecular flexibility index (Phi) is 3.50. The topological polar surface area (TPSA) is 75.1 Å². The number of carbonyl (C=O) groups is 1. The molecule has 0 spiro atoms. The quantitative estimate of drug-likeness (QED) is 0.874. The van der Waals surface area contributed by atoms with Crippen LogP contribution in [0.4, 0.5) is 5.82 Å². The van der Waals surface area contributed by atoms with Gasteiger partial charge in [-0.1, -0.05) is 31.4 Å². The lowest BCUT2D eigenvalue weighted by molar-refractivity contribution is 0.0684. The van der Waals surface area contributed by atoms with Gasteiger partial charge in [0.1, 0.15) is 5.82 Å². The molecule has 0 aliphatic heterocycles. The molecule has 1 aliphatic rings. The Morgan fingerprint density at radius 3 is 2.80 bits per heavy atom. The van der Waals surface area contributed by atoms with Crippen LogP contribution in [0.25, 0.3) is 10.9 Å². The van der Waals surface area contributed by atoms with Crippen molar-refractivity contribution in [2.24, 2.45) is 5.92 Å². The van der Waals surface area contributed by atoms with Crippen molar-refractivity contribution >= 4 is 22.7 Å². The lowest BCUT2D eigenvalue weighted by Crippen LogP contribution is -2.17. The molecule has 0 amide bonds. The Morgan fingerprint density at radius 1 is 1.30 bits per heavy atom. The van der Waals surface area contributed by atoms with E-state index in [2.05, 4.69) is 15.3 Å². The summed E-state index contributed by atoms with van der Waals surface area (Å²) < 4.78 is 0. The summed E-state index contributed by atoms with van der Waals surface area (Å²) in [5.41, 5.74) is 0.658. The third kappa shape index (κ3) is 2.57. The second-order valence-electron chi connectivity index (χ2n) is 5.23. The number of carboxylic acids is 1. The molecule has 5 nitrogen and oxygen atoms in total. The maximum Gasteiger partial charge on any atom is 0.374 e. The Balaban J connectivity index is 1.84. The molecule has 0 saturated heterocycles. The van der Waals surface area contributed by atoms with Gasteiger partial charge in [-0.25, -0.2) is 14.8 Å². The molecule has 0 unspecified atom stereocenters. The molecule has 3 rings (SSSR count). The van der Waals surface area contributed by atoms with Crippen LogP contribution in [-0.4, -0.2) is 27.6 Å². The van der Waals surface area contributed by atoms with Gasteiger partial charge >= 0.3 is 5.97 Å². The molecular formula is C15H17N3O2. The van der Waals surface area contributed by atoms with Crippen molar-refractivity contribution in [2.45, 2.75) is 25.7 Å². The van der Waals surface area contributed by atoms with E-state index in [9.17, 15) is 4.79 Å². The van der Waals surface area contributed by atoms with Crippen LogP contribution in [0.2, 0.25) is 0 Å². The van der Waals surface area contributed by atoms with Gasteiger partial charge < -0.3 is 10.4 Å². The van der Waals surface area contributed by atoms with Crippen LogP contribution in [0.3, 0.4) is 0 Å². The van der Waals surface area contributed by atoms with E-state index in [0.717, 1.165) is 24.3 Å². The van der Waals surface area contributed by atoms with E-state index in [1.165, 1.54) is 19.3 Å². The Labute approximate surface area is 117 Å². The number of rotatable bonds is 5. The van der Waals surface area contributed by atoms with Crippen LogP contribution in [0, 0.1) is 5.92 Å². The molecular weight excluding hydrogens is 254 g/mol. The van der Waals surface area contributed by atoms with Gasteiger partial charge in [0.2, 0.25) is 5.82 Å². The maximum atomic E-state index is 11.1. The molecule has 2 N–H and O–H groups in total. The predicted octanol–water partition coefficient (Wildman–Crippen LogP) is 2.93. The Bertz CT molecular complexity index is 638. The molecule has 0 bridgehead atoms. The van der Waals surface area contributed by atoms with E-state index in [0.29, 0.717) is 11.3 Å². The number of hydrogen-bond donors (Lipinski definition) is 2. The Morgan fingerprint density at radius 2 is 2.10 bits per heavy atom. The van der Waals surface area contributed by atoms with Crippen molar-refractivity contribution in [1.82, 2.24) is 9.97 Å². The molecule has 1 fully saturated rings. The number of fused-ring (bicyclic) bond motifs is 1. The third-order valence-electron chi connectivity index (χ3n) is 3.86. The van der Waals surface area contributed by atoms with Crippen molar-refractivity contribution in [3.05, 3.63) is 30.1 Å². The summed E-state index contributed by atoms with van der Waals surface area (Å²) in [6, 6.07) is 7.47. The van der Waals surface area contributed by atoms with Crippen LogP contribution < -0.4 is 5.32 Å². The van der Waals surface area contributed by atoms with Gasteiger partial charge in [-0.3, -0.25) is 0 Å². The monoisotopic (exact) mass is 271 g/mol. The highest BCUT2D eigenvalue weighted by atomic mass is 16.4. The van der Waals surface area contributed by atoms with Crippen LogP contribution in [0.1, 0.15) is 36.3 Å². The second-order valence-corrected chi connectivity index (χ2v) is 5.23. The zero-order chi connectivity index (χ0) is 13.9. The number of nitrogens with zero attached hydrogens (tertiary/aromatic N) is 2. The summed E-state index contributed by atoms with van der Waals surface area (Å²) in [7, 11) is 0. The molecule has 5 heteroatoms. The average Bonchev–Trinajstić information content (AvgIpc) is 2.41. The van der Waals surface area contributed by atoms with Gasteiger partial charge in [0, 0.05) is 11.9 Å². The Hall–Kier alpha value is -2.17. The number of para-hydroxylation sites is 1. The summed E-state index contributed by atoms with van der Waals surface area (Å²) in [6.07, 6.45) is 5.07. The number of carboxylic acid groups (broad SMARTS) is 1.